The van der Waals surface area contributed by atoms with Gasteiger partial charge in [0.2, 0.25) is 0 Å². The van der Waals surface area contributed by atoms with Crippen molar-refractivity contribution in [2.24, 2.45) is 0 Å². The summed E-state index contributed by atoms with van der Waals surface area (Å²) in [6.45, 7) is 0.589. The molecule has 1 aliphatic rings. The molecule has 1 aromatic rings. The van der Waals surface area contributed by atoms with Crippen molar-refractivity contribution in [1.29, 1.82) is 0 Å². The van der Waals surface area contributed by atoms with Crippen molar-refractivity contribution in [3.8, 4) is 0 Å². The Kier molecular flexibility index (Phi) is 4.03. The van der Waals surface area contributed by atoms with E-state index < -0.39 is 5.60 Å². The van der Waals surface area contributed by atoms with E-state index in [1.807, 2.05) is 31.1 Å². The van der Waals surface area contributed by atoms with Gasteiger partial charge in [0.15, 0.2) is 0 Å². The van der Waals surface area contributed by atoms with Gasteiger partial charge in [-0.25, -0.2) is 4.39 Å². The molecule has 2 atom stereocenters. The predicted octanol–water partition coefficient (Wildman–Crippen LogP) is 2.78. The molecule has 1 saturated carbocycles. The molecule has 18 heavy (non-hydrogen) atoms. The minimum atomic E-state index is -0.802. The third-order valence-corrected chi connectivity index (χ3v) is 3.87. The van der Waals surface area contributed by atoms with Crippen LogP contribution in [0.4, 0.5) is 4.39 Å². The Morgan fingerprint density at radius 1 is 1.33 bits per heavy atom. The van der Waals surface area contributed by atoms with E-state index in [0.717, 1.165) is 25.7 Å². The monoisotopic (exact) mass is 251 g/mol. The van der Waals surface area contributed by atoms with Crippen LogP contribution in [0.15, 0.2) is 24.3 Å². The van der Waals surface area contributed by atoms with E-state index in [2.05, 4.69) is 0 Å². The Morgan fingerprint density at radius 2 is 2.06 bits per heavy atom. The zero-order valence-corrected chi connectivity index (χ0v) is 11.2. The van der Waals surface area contributed by atoms with Crippen LogP contribution in [-0.2, 0) is 0 Å². The average Bonchev–Trinajstić information content (AvgIpc) is 2.29. The van der Waals surface area contributed by atoms with Crippen LogP contribution in [0.25, 0.3) is 0 Å². The second-order valence-corrected chi connectivity index (χ2v) is 5.66. The first-order valence-corrected chi connectivity index (χ1v) is 6.64. The molecule has 1 aromatic carbocycles. The van der Waals surface area contributed by atoms with Crippen molar-refractivity contribution in [2.75, 3.05) is 20.6 Å². The van der Waals surface area contributed by atoms with Crippen molar-refractivity contribution in [3.63, 3.8) is 0 Å². The van der Waals surface area contributed by atoms with Gasteiger partial charge < -0.3 is 10.0 Å². The smallest absolute Gasteiger partial charge is 0.126 e. The maximum Gasteiger partial charge on any atom is 0.126 e. The van der Waals surface area contributed by atoms with Gasteiger partial charge in [0.1, 0.15) is 5.82 Å². The number of likely N-dealkylation sites (N-methyl/N-ethyl adjacent to an activating group) is 1. The standard InChI is InChI=1S/C15H22FNO/c1-17(2)11-15(18)10-6-5-8-13(15)12-7-3-4-9-14(12)16/h3-4,7,9,13,18H,5-6,8,10-11H2,1-2H3/t13-,15+/m0/s1. The molecule has 0 heterocycles. The van der Waals surface area contributed by atoms with Crippen LogP contribution in [-0.4, -0.2) is 36.2 Å². The molecule has 0 amide bonds. The second kappa shape index (κ2) is 5.37. The number of halogens is 1. The van der Waals surface area contributed by atoms with Gasteiger partial charge in [0.25, 0.3) is 0 Å². The average molecular weight is 251 g/mol. The van der Waals surface area contributed by atoms with Crippen LogP contribution >= 0.6 is 0 Å². The van der Waals surface area contributed by atoms with Crippen molar-refractivity contribution in [1.82, 2.24) is 4.90 Å². The van der Waals surface area contributed by atoms with E-state index in [4.69, 9.17) is 0 Å². The van der Waals surface area contributed by atoms with E-state index in [-0.39, 0.29) is 11.7 Å². The van der Waals surface area contributed by atoms with E-state index in [1.165, 1.54) is 6.07 Å². The normalized spacial score (nSPS) is 28.6. The molecule has 1 N–H and O–H groups in total. The first kappa shape index (κ1) is 13.5. The van der Waals surface area contributed by atoms with Crippen LogP contribution in [0, 0.1) is 5.82 Å². The van der Waals surface area contributed by atoms with Crippen LogP contribution in [0.3, 0.4) is 0 Å². The number of hydrogen-bond acceptors (Lipinski definition) is 2. The lowest BCUT2D eigenvalue weighted by atomic mass is 9.71. The first-order chi connectivity index (χ1) is 8.53. The van der Waals surface area contributed by atoms with Gasteiger partial charge >= 0.3 is 0 Å². The summed E-state index contributed by atoms with van der Waals surface area (Å²) < 4.78 is 13.9. The Labute approximate surface area is 108 Å². The SMILES string of the molecule is CN(C)C[C@]1(O)CCCC[C@H]1c1ccccc1F. The summed E-state index contributed by atoms with van der Waals surface area (Å²) in [5.41, 5.74) is -0.134. The van der Waals surface area contributed by atoms with Gasteiger partial charge in [-0.1, -0.05) is 31.0 Å². The van der Waals surface area contributed by atoms with Crippen molar-refractivity contribution in [2.45, 2.75) is 37.2 Å². The zero-order valence-electron chi connectivity index (χ0n) is 11.2. The molecule has 100 valence electrons. The fourth-order valence-corrected chi connectivity index (χ4v) is 3.16. The molecule has 0 aliphatic heterocycles. The number of hydrogen-bond donors (Lipinski definition) is 1. The van der Waals surface area contributed by atoms with Crippen molar-refractivity contribution < 1.29 is 9.50 Å². The highest BCUT2D eigenvalue weighted by atomic mass is 19.1. The maximum atomic E-state index is 13.9. The fourth-order valence-electron chi connectivity index (χ4n) is 3.16. The minimum Gasteiger partial charge on any atom is -0.388 e. The first-order valence-electron chi connectivity index (χ1n) is 6.64. The third kappa shape index (κ3) is 2.73. The van der Waals surface area contributed by atoms with Crippen LogP contribution < -0.4 is 0 Å². The Morgan fingerprint density at radius 3 is 2.72 bits per heavy atom. The summed E-state index contributed by atoms with van der Waals surface area (Å²) >= 11 is 0. The van der Waals surface area contributed by atoms with E-state index in [1.54, 1.807) is 6.07 Å². The van der Waals surface area contributed by atoms with Crippen LogP contribution in [0.1, 0.15) is 37.2 Å². The van der Waals surface area contributed by atoms with Gasteiger partial charge in [-0.3, -0.25) is 0 Å². The number of benzene rings is 1. The molecule has 0 spiro atoms. The summed E-state index contributed by atoms with van der Waals surface area (Å²) in [6, 6.07) is 6.85. The van der Waals surface area contributed by atoms with E-state index in [0.29, 0.717) is 12.1 Å². The molecular weight excluding hydrogens is 229 g/mol. The summed E-state index contributed by atoms with van der Waals surface area (Å²) in [5, 5.41) is 10.9. The fraction of sp³-hybridized carbons (Fsp3) is 0.600. The molecule has 1 fully saturated rings. The Balaban J connectivity index is 2.31. The number of aliphatic hydroxyl groups is 1. The minimum absolute atomic E-state index is 0.0881. The van der Waals surface area contributed by atoms with Gasteiger partial charge in [-0.15, -0.1) is 0 Å². The summed E-state index contributed by atoms with van der Waals surface area (Å²) in [6.07, 6.45) is 3.71. The second-order valence-electron chi connectivity index (χ2n) is 5.66. The Hall–Kier alpha value is -0.930. The largest absolute Gasteiger partial charge is 0.388 e. The van der Waals surface area contributed by atoms with Gasteiger partial charge in [0.05, 0.1) is 5.60 Å². The highest BCUT2D eigenvalue weighted by Crippen LogP contribution is 2.42. The molecule has 0 aromatic heterocycles. The molecule has 2 rings (SSSR count). The lowest BCUT2D eigenvalue weighted by Crippen LogP contribution is -2.47. The lowest BCUT2D eigenvalue weighted by molar-refractivity contribution is -0.0361. The Bertz CT molecular complexity index is 407. The predicted molar refractivity (Wildman–Crippen MR) is 71.1 cm³/mol. The molecule has 3 heteroatoms. The molecule has 0 saturated heterocycles. The highest BCUT2D eigenvalue weighted by molar-refractivity contribution is 5.26. The molecular formula is C15H22FNO. The zero-order chi connectivity index (χ0) is 13.2. The van der Waals surface area contributed by atoms with Crippen LogP contribution in [0.2, 0.25) is 0 Å². The quantitative estimate of drug-likeness (QED) is 0.893. The van der Waals surface area contributed by atoms with E-state index >= 15 is 0 Å². The maximum absolute atomic E-state index is 13.9. The number of nitrogens with zero attached hydrogens (tertiary/aromatic N) is 1. The molecule has 2 nitrogen and oxygen atoms in total. The lowest BCUT2D eigenvalue weighted by Gasteiger charge is -2.42. The number of rotatable bonds is 3. The summed E-state index contributed by atoms with van der Waals surface area (Å²) in [5.74, 6) is -0.281. The van der Waals surface area contributed by atoms with Crippen LogP contribution in [0.5, 0.6) is 0 Å². The molecule has 0 radical (unpaired) electrons. The summed E-state index contributed by atoms with van der Waals surface area (Å²) in [7, 11) is 3.90. The molecule has 1 aliphatic carbocycles. The van der Waals surface area contributed by atoms with Gasteiger partial charge in [-0.2, -0.15) is 0 Å². The molecule has 0 bridgehead atoms. The van der Waals surface area contributed by atoms with Crippen molar-refractivity contribution in [3.05, 3.63) is 35.6 Å². The van der Waals surface area contributed by atoms with Crippen molar-refractivity contribution >= 4 is 0 Å². The van der Waals surface area contributed by atoms with Gasteiger partial charge in [-0.05, 0) is 38.6 Å². The van der Waals surface area contributed by atoms with E-state index in [9.17, 15) is 9.50 Å². The summed E-state index contributed by atoms with van der Waals surface area (Å²) in [4.78, 5) is 1.99. The third-order valence-electron chi connectivity index (χ3n) is 3.87. The highest BCUT2D eigenvalue weighted by Gasteiger charge is 2.41. The van der Waals surface area contributed by atoms with Gasteiger partial charge in [0, 0.05) is 12.5 Å². The topological polar surface area (TPSA) is 23.5 Å². The molecule has 0 unspecified atom stereocenters.